The number of halogens is 2. The minimum atomic E-state index is -0.954. The van der Waals surface area contributed by atoms with Crippen molar-refractivity contribution >= 4 is 30.4 Å². The Labute approximate surface area is 68.9 Å². The van der Waals surface area contributed by atoms with Gasteiger partial charge in [-0.2, -0.15) is 0 Å². The van der Waals surface area contributed by atoms with Gasteiger partial charge in [0.05, 0.1) is 6.10 Å². The third kappa shape index (κ3) is 1.80. The first-order valence-corrected chi connectivity index (χ1v) is 4.37. The molecule has 0 aliphatic carbocycles. The van der Waals surface area contributed by atoms with Crippen LogP contribution in [-0.4, -0.2) is 30.6 Å². The maximum Gasteiger partial charge on any atom is 0.120 e. The minimum absolute atomic E-state index is 0.0376. The fraction of sp³-hybridized carbons (Fsp3) is 1.00. The Morgan fingerprint density at radius 2 is 2.44 bits per heavy atom. The van der Waals surface area contributed by atoms with Crippen LogP contribution in [0.4, 0.5) is 4.39 Å². The molecule has 1 saturated heterocycles. The van der Waals surface area contributed by atoms with Crippen molar-refractivity contribution in [1.82, 2.24) is 0 Å². The molecule has 0 aromatic carbocycles. The molecule has 0 bridgehead atoms. The van der Waals surface area contributed by atoms with E-state index < -0.39 is 12.2 Å². The molecule has 1 aliphatic rings. The molecule has 1 nitrogen and oxygen atoms in total. The number of ether oxygens (including phenoxy) is 1. The lowest BCUT2D eigenvalue weighted by atomic mass is 9.96. The molecule has 0 unspecified atom stereocenters. The molecule has 9 heavy (non-hydrogen) atoms. The minimum Gasteiger partial charge on any atom is -0.381 e. The van der Waals surface area contributed by atoms with Gasteiger partial charge in [0.15, 0.2) is 0 Å². The molecule has 1 heterocycles. The van der Waals surface area contributed by atoms with Gasteiger partial charge in [0.2, 0.25) is 0 Å². The average molecular weight is 240 g/mol. The van der Waals surface area contributed by atoms with Crippen molar-refractivity contribution in [2.75, 3.05) is 4.43 Å². The second-order valence-electron chi connectivity index (χ2n) is 2.13. The van der Waals surface area contributed by atoms with Crippen LogP contribution in [0.2, 0.25) is 0 Å². The van der Waals surface area contributed by atoms with E-state index in [4.69, 9.17) is 12.6 Å². The number of hydrogen-bond donors (Lipinski definition) is 0. The Morgan fingerprint density at radius 1 is 1.78 bits per heavy atom. The summed E-state index contributed by atoms with van der Waals surface area (Å²) >= 11 is 2.16. The van der Waals surface area contributed by atoms with Crippen LogP contribution in [-0.2, 0) is 4.74 Å². The molecule has 1 fully saturated rings. The largest absolute Gasteiger partial charge is 0.381 e. The smallest absolute Gasteiger partial charge is 0.120 e. The van der Waals surface area contributed by atoms with E-state index in [2.05, 4.69) is 22.6 Å². The monoisotopic (exact) mass is 240 g/mol. The predicted molar refractivity (Wildman–Crippen MR) is 42.8 cm³/mol. The first-order chi connectivity index (χ1) is 4.24. The van der Waals surface area contributed by atoms with Crippen molar-refractivity contribution in [3.63, 3.8) is 0 Å². The third-order valence-corrected chi connectivity index (χ3v) is 2.35. The molecular weight excluding hydrogens is 233 g/mol. The predicted octanol–water partition coefficient (Wildman–Crippen LogP) is 1.04. The molecule has 4 heteroatoms. The Balaban J connectivity index is 2.35. The first-order valence-electron chi connectivity index (χ1n) is 2.85. The van der Waals surface area contributed by atoms with E-state index in [9.17, 15) is 4.39 Å². The summed E-state index contributed by atoms with van der Waals surface area (Å²) in [6.45, 7) is 0. The zero-order chi connectivity index (χ0) is 6.85. The van der Waals surface area contributed by atoms with Crippen LogP contribution < -0.4 is 0 Å². The van der Waals surface area contributed by atoms with E-state index >= 15 is 0 Å². The van der Waals surface area contributed by atoms with E-state index in [1.807, 2.05) is 0 Å². The summed E-state index contributed by atoms with van der Waals surface area (Å²) in [7, 11) is 5.24. The third-order valence-electron chi connectivity index (χ3n) is 1.37. The van der Waals surface area contributed by atoms with Crippen LogP contribution >= 0.6 is 22.6 Å². The lowest BCUT2D eigenvalue weighted by Gasteiger charge is -2.05. The molecule has 50 valence electrons. The van der Waals surface area contributed by atoms with Gasteiger partial charge in [0, 0.05) is 16.9 Å². The van der Waals surface area contributed by atoms with Crippen molar-refractivity contribution < 1.29 is 9.13 Å². The Bertz CT molecular complexity index is 93.0. The van der Waals surface area contributed by atoms with Gasteiger partial charge in [0.1, 0.15) is 14.0 Å². The maximum absolute atomic E-state index is 12.5. The van der Waals surface area contributed by atoms with E-state index in [-0.39, 0.29) is 6.10 Å². The number of rotatable bonds is 1. The van der Waals surface area contributed by atoms with Gasteiger partial charge in [-0.05, 0) is 0 Å². The van der Waals surface area contributed by atoms with Gasteiger partial charge in [-0.1, -0.05) is 22.6 Å². The van der Waals surface area contributed by atoms with Crippen molar-refractivity contribution in [3.8, 4) is 0 Å². The van der Waals surface area contributed by atoms with Crippen molar-refractivity contribution in [2.45, 2.75) is 24.7 Å². The summed E-state index contributed by atoms with van der Waals surface area (Å²) in [4.78, 5) is 0. The highest BCUT2D eigenvalue weighted by atomic mass is 127. The first kappa shape index (κ1) is 7.79. The second kappa shape index (κ2) is 3.19. The van der Waals surface area contributed by atoms with Crippen LogP contribution in [0.1, 0.15) is 6.42 Å². The van der Waals surface area contributed by atoms with Crippen LogP contribution in [0.25, 0.3) is 0 Å². The fourth-order valence-electron chi connectivity index (χ4n) is 0.848. The normalized spacial score (nSPS) is 43.6. The summed E-state index contributed by atoms with van der Waals surface area (Å²) in [5, 5.41) is 0. The molecule has 1 rings (SSSR count). The van der Waals surface area contributed by atoms with Crippen LogP contribution in [0.5, 0.6) is 0 Å². The van der Waals surface area contributed by atoms with Crippen molar-refractivity contribution in [2.24, 2.45) is 0 Å². The molecule has 3 atom stereocenters. The lowest BCUT2D eigenvalue weighted by Crippen LogP contribution is -2.16. The molecule has 1 aliphatic heterocycles. The van der Waals surface area contributed by atoms with Crippen LogP contribution in [0, 0.1) is 0 Å². The van der Waals surface area contributed by atoms with Crippen molar-refractivity contribution in [1.29, 1.82) is 0 Å². The summed E-state index contributed by atoms with van der Waals surface area (Å²) in [5.41, 5.74) is 0. The SMILES string of the molecule is [B][C@@H]1O[C@H](CI)C[C@H]1F. The topological polar surface area (TPSA) is 9.23 Å². The van der Waals surface area contributed by atoms with Gasteiger partial charge in [-0.25, -0.2) is 4.39 Å². The molecule has 2 radical (unpaired) electrons. The summed E-state index contributed by atoms with van der Waals surface area (Å²) in [5.74, 6) is 0. The highest BCUT2D eigenvalue weighted by molar-refractivity contribution is 14.1. The van der Waals surface area contributed by atoms with E-state index in [1.165, 1.54) is 0 Å². The summed E-state index contributed by atoms with van der Waals surface area (Å²) < 4.78 is 18.3. The fourth-order valence-corrected chi connectivity index (χ4v) is 1.41. The molecule has 0 spiro atoms. The zero-order valence-electron chi connectivity index (χ0n) is 4.89. The van der Waals surface area contributed by atoms with E-state index in [0.717, 1.165) is 4.43 Å². The number of alkyl halides is 2. The number of hydrogen-bond acceptors (Lipinski definition) is 1. The molecule has 0 N–H and O–H groups in total. The van der Waals surface area contributed by atoms with Gasteiger partial charge in [-0.15, -0.1) is 0 Å². The van der Waals surface area contributed by atoms with E-state index in [0.29, 0.717) is 6.42 Å². The van der Waals surface area contributed by atoms with Crippen molar-refractivity contribution in [3.05, 3.63) is 0 Å². The maximum atomic E-state index is 12.5. The summed E-state index contributed by atoms with van der Waals surface area (Å²) in [6, 6.07) is -0.676. The second-order valence-corrected chi connectivity index (χ2v) is 3.01. The molecule has 0 amide bonds. The Morgan fingerprint density at radius 3 is 2.67 bits per heavy atom. The Kier molecular flexibility index (Phi) is 2.76. The quantitative estimate of drug-likeness (QED) is 0.378. The van der Waals surface area contributed by atoms with Crippen LogP contribution in [0.3, 0.4) is 0 Å². The lowest BCUT2D eigenvalue weighted by molar-refractivity contribution is 0.0920. The van der Waals surface area contributed by atoms with E-state index in [1.54, 1.807) is 0 Å². The average Bonchev–Trinajstić information content (AvgIpc) is 2.13. The Hall–Kier alpha value is 0.685. The standard InChI is InChI=1S/C5H7BFIO/c6-5-4(7)1-3(2-8)9-5/h3-5H,1-2H2/t3-,4+,5+/m0/s1. The van der Waals surface area contributed by atoms with Gasteiger partial charge in [-0.3, -0.25) is 0 Å². The molecule has 0 aromatic rings. The summed E-state index contributed by atoms with van der Waals surface area (Å²) in [6.07, 6.45) is -0.454. The molecular formula is C5H7BFIO. The molecule has 0 saturated carbocycles. The van der Waals surface area contributed by atoms with Gasteiger partial charge >= 0.3 is 0 Å². The highest BCUT2D eigenvalue weighted by Crippen LogP contribution is 2.22. The zero-order valence-corrected chi connectivity index (χ0v) is 7.05. The van der Waals surface area contributed by atoms with Gasteiger partial charge in [0.25, 0.3) is 0 Å². The van der Waals surface area contributed by atoms with Gasteiger partial charge < -0.3 is 4.74 Å². The molecule has 0 aromatic heterocycles. The highest BCUT2D eigenvalue weighted by Gasteiger charge is 2.30. The van der Waals surface area contributed by atoms with Crippen LogP contribution in [0.15, 0.2) is 0 Å².